The number of benzene rings is 1. The maximum atomic E-state index is 13.6. The van der Waals surface area contributed by atoms with Crippen molar-refractivity contribution < 1.29 is 18.3 Å². The van der Waals surface area contributed by atoms with Gasteiger partial charge >= 0.3 is 0 Å². The summed E-state index contributed by atoms with van der Waals surface area (Å²) in [5, 5.41) is 0. The van der Waals surface area contributed by atoms with Crippen LogP contribution in [0.15, 0.2) is 18.2 Å². The lowest BCUT2D eigenvalue weighted by Crippen LogP contribution is -2.30. The summed E-state index contributed by atoms with van der Waals surface area (Å²) in [6, 6.07) is 3.61. The molecule has 0 bridgehead atoms. The Labute approximate surface area is 129 Å². The third-order valence-electron chi connectivity index (χ3n) is 5.02. The van der Waals surface area contributed by atoms with E-state index in [2.05, 4.69) is 0 Å². The summed E-state index contributed by atoms with van der Waals surface area (Å²) in [6.07, 6.45) is 6.61. The SMILES string of the molecule is CN1C(=O)C1(COc1c(F)cccc1F)CC1CCCCC1. The van der Waals surface area contributed by atoms with E-state index in [1.54, 1.807) is 11.9 Å². The van der Waals surface area contributed by atoms with E-state index in [0.717, 1.165) is 31.4 Å². The lowest BCUT2D eigenvalue weighted by molar-refractivity contribution is -0.114. The first-order valence-corrected chi connectivity index (χ1v) is 7.90. The molecule has 0 N–H and O–H groups in total. The Morgan fingerprint density at radius 1 is 1.23 bits per heavy atom. The second-order valence-corrected chi connectivity index (χ2v) is 6.44. The van der Waals surface area contributed by atoms with Crippen molar-refractivity contribution in [3.63, 3.8) is 0 Å². The number of carbonyl (C=O) groups is 1. The number of ether oxygens (including phenoxy) is 1. The average Bonchev–Trinajstić information content (AvgIpc) is 3.01. The maximum Gasteiger partial charge on any atom is 0.252 e. The van der Waals surface area contributed by atoms with Crippen molar-refractivity contribution >= 4 is 5.91 Å². The number of hydrogen-bond acceptors (Lipinski definition) is 2. The standard InChI is InChI=1S/C17H21F2NO2/c1-20-16(21)17(20,10-12-6-3-2-4-7-12)11-22-15-13(18)8-5-9-14(15)19/h5,8-9,12H,2-4,6-7,10-11H2,1H3. The van der Waals surface area contributed by atoms with Gasteiger partial charge in [0.2, 0.25) is 0 Å². The van der Waals surface area contributed by atoms with Crippen LogP contribution in [0.5, 0.6) is 5.75 Å². The number of rotatable bonds is 5. The Kier molecular flexibility index (Phi) is 4.06. The van der Waals surface area contributed by atoms with Crippen LogP contribution >= 0.6 is 0 Å². The van der Waals surface area contributed by atoms with Gasteiger partial charge in [-0.05, 0) is 24.5 Å². The van der Waals surface area contributed by atoms with Gasteiger partial charge in [0.1, 0.15) is 6.61 Å². The maximum absolute atomic E-state index is 13.6. The lowest BCUT2D eigenvalue weighted by Gasteiger charge is -2.25. The molecule has 1 aromatic carbocycles. The fourth-order valence-electron chi connectivity index (χ4n) is 3.54. The highest BCUT2D eigenvalue weighted by Gasteiger charge is 2.61. The quantitative estimate of drug-likeness (QED) is 0.779. The minimum absolute atomic E-state index is 0.00909. The van der Waals surface area contributed by atoms with E-state index in [0.29, 0.717) is 5.92 Å². The van der Waals surface area contributed by atoms with E-state index in [-0.39, 0.29) is 12.5 Å². The lowest BCUT2D eigenvalue weighted by atomic mass is 9.82. The number of likely N-dealkylation sites (N-methyl/N-ethyl adjacent to an activating group) is 1. The van der Waals surface area contributed by atoms with Gasteiger partial charge in [0.25, 0.3) is 5.91 Å². The van der Waals surface area contributed by atoms with Crippen LogP contribution in [-0.4, -0.2) is 30.0 Å². The molecule has 0 aromatic heterocycles. The van der Waals surface area contributed by atoms with Crippen LogP contribution in [0.1, 0.15) is 38.5 Å². The van der Waals surface area contributed by atoms with Crippen LogP contribution in [0.4, 0.5) is 8.78 Å². The molecule has 1 amide bonds. The van der Waals surface area contributed by atoms with Gasteiger partial charge < -0.3 is 9.64 Å². The fraction of sp³-hybridized carbons (Fsp3) is 0.588. The minimum atomic E-state index is -0.733. The molecular formula is C17H21F2NO2. The molecule has 3 nitrogen and oxygen atoms in total. The van der Waals surface area contributed by atoms with Gasteiger partial charge in [-0.25, -0.2) is 8.78 Å². The molecule has 1 atom stereocenters. The largest absolute Gasteiger partial charge is 0.485 e. The molecule has 1 unspecified atom stereocenters. The van der Waals surface area contributed by atoms with Crippen LogP contribution in [0.25, 0.3) is 0 Å². The number of carbonyl (C=O) groups excluding carboxylic acids is 1. The molecule has 5 heteroatoms. The third kappa shape index (κ3) is 2.69. The Hall–Kier alpha value is -1.65. The molecule has 0 spiro atoms. The van der Waals surface area contributed by atoms with Crippen LogP contribution in [0, 0.1) is 17.6 Å². The Morgan fingerprint density at radius 3 is 2.36 bits per heavy atom. The molecule has 0 radical (unpaired) electrons. The molecular weight excluding hydrogens is 288 g/mol. The smallest absolute Gasteiger partial charge is 0.252 e. The van der Waals surface area contributed by atoms with Gasteiger partial charge in [0.15, 0.2) is 22.9 Å². The molecule has 2 aliphatic rings. The van der Waals surface area contributed by atoms with Crippen molar-refractivity contribution in [1.29, 1.82) is 0 Å². The molecule has 3 rings (SSSR count). The highest BCUT2D eigenvalue weighted by atomic mass is 19.1. The summed E-state index contributed by atoms with van der Waals surface area (Å²) < 4.78 is 32.6. The van der Waals surface area contributed by atoms with Gasteiger partial charge in [-0.2, -0.15) is 0 Å². The Morgan fingerprint density at radius 2 is 1.82 bits per heavy atom. The molecule has 2 fully saturated rings. The van der Waals surface area contributed by atoms with E-state index < -0.39 is 22.9 Å². The second-order valence-electron chi connectivity index (χ2n) is 6.44. The molecule has 1 aliphatic carbocycles. The average molecular weight is 309 g/mol. The van der Waals surface area contributed by atoms with E-state index >= 15 is 0 Å². The first-order valence-electron chi connectivity index (χ1n) is 7.90. The van der Waals surface area contributed by atoms with Crippen LogP contribution in [0.3, 0.4) is 0 Å². The third-order valence-corrected chi connectivity index (χ3v) is 5.02. The molecule has 1 saturated heterocycles. The molecule has 1 saturated carbocycles. The molecule has 22 heavy (non-hydrogen) atoms. The summed E-state index contributed by atoms with van der Waals surface area (Å²) in [7, 11) is 1.73. The fourth-order valence-corrected chi connectivity index (χ4v) is 3.54. The number of halogens is 2. The zero-order chi connectivity index (χ0) is 15.7. The number of hydrogen-bond donors (Lipinski definition) is 0. The number of nitrogens with zero attached hydrogens (tertiary/aromatic N) is 1. The highest BCUT2D eigenvalue weighted by Crippen LogP contribution is 2.42. The molecule has 1 aliphatic heterocycles. The van der Waals surface area contributed by atoms with Crippen molar-refractivity contribution in [2.45, 2.75) is 44.1 Å². The first-order chi connectivity index (χ1) is 10.5. The second kappa shape index (κ2) is 5.86. The predicted octanol–water partition coefficient (Wildman–Crippen LogP) is 3.52. The summed E-state index contributed by atoms with van der Waals surface area (Å²) in [4.78, 5) is 13.7. The summed E-state index contributed by atoms with van der Waals surface area (Å²) in [5.41, 5.74) is -0.698. The van der Waals surface area contributed by atoms with Crippen LogP contribution in [-0.2, 0) is 4.79 Å². The monoisotopic (exact) mass is 309 g/mol. The normalized spacial score (nSPS) is 25.4. The molecule has 1 aromatic rings. The zero-order valence-electron chi connectivity index (χ0n) is 12.8. The molecule has 120 valence electrons. The van der Waals surface area contributed by atoms with Crippen LogP contribution in [0.2, 0.25) is 0 Å². The topological polar surface area (TPSA) is 29.3 Å². The van der Waals surface area contributed by atoms with Gasteiger partial charge in [-0.1, -0.05) is 38.2 Å². The minimum Gasteiger partial charge on any atom is -0.485 e. The van der Waals surface area contributed by atoms with Crippen molar-refractivity contribution in [2.75, 3.05) is 13.7 Å². The predicted molar refractivity (Wildman–Crippen MR) is 78.5 cm³/mol. The first kappa shape index (κ1) is 15.3. The number of para-hydroxylation sites is 1. The summed E-state index contributed by atoms with van der Waals surface area (Å²) >= 11 is 0. The van der Waals surface area contributed by atoms with E-state index in [1.807, 2.05) is 0 Å². The van der Waals surface area contributed by atoms with Gasteiger partial charge in [0.05, 0.1) is 0 Å². The van der Waals surface area contributed by atoms with Crippen molar-refractivity contribution in [3.8, 4) is 5.75 Å². The summed E-state index contributed by atoms with van der Waals surface area (Å²) in [6.45, 7) is 0.0106. The van der Waals surface area contributed by atoms with E-state index in [1.165, 1.54) is 25.3 Å². The van der Waals surface area contributed by atoms with Gasteiger partial charge in [0, 0.05) is 7.05 Å². The number of amides is 1. The van der Waals surface area contributed by atoms with E-state index in [4.69, 9.17) is 4.74 Å². The van der Waals surface area contributed by atoms with E-state index in [9.17, 15) is 13.6 Å². The van der Waals surface area contributed by atoms with Gasteiger partial charge in [-0.15, -0.1) is 0 Å². The Bertz CT molecular complexity index is 552. The Balaban J connectivity index is 1.69. The zero-order valence-corrected chi connectivity index (χ0v) is 12.8. The summed E-state index contributed by atoms with van der Waals surface area (Å²) in [5.74, 6) is -1.35. The van der Waals surface area contributed by atoms with Crippen molar-refractivity contribution in [3.05, 3.63) is 29.8 Å². The molecule has 1 heterocycles. The van der Waals surface area contributed by atoms with Crippen molar-refractivity contribution in [2.24, 2.45) is 5.92 Å². The van der Waals surface area contributed by atoms with Gasteiger partial charge in [-0.3, -0.25) is 4.79 Å². The highest BCUT2D eigenvalue weighted by molar-refractivity contribution is 6.02. The van der Waals surface area contributed by atoms with Crippen molar-refractivity contribution in [1.82, 2.24) is 4.90 Å². The van der Waals surface area contributed by atoms with Crippen LogP contribution < -0.4 is 4.74 Å².